The Morgan fingerprint density at radius 2 is 1.68 bits per heavy atom. The summed E-state index contributed by atoms with van der Waals surface area (Å²) < 4.78 is 5.91. The molecule has 0 aliphatic heterocycles. The molecule has 1 aliphatic rings. The summed E-state index contributed by atoms with van der Waals surface area (Å²) in [5, 5.41) is 2.83. The number of furan rings is 1. The van der Waals surface area contributed by atoms with Crippen LogP contribution in [0, 0.1) is 13.8 Å². The molecule has 1 aliphatic carbocycles. The van der Waals surface area contributed by atoms with E-state index in [0.29, 0.717) is 18.0 Å². The molecule has 3 aromatic rings. The summed E-state index contributed by atoms with van der Waals surface area (Å²) >= 11 is 0. The Morgan fingerprint density at radius 1 is 1.00 bits per heavy atom. The number of hydrogen-bond donors (Lipinski definition) is 1. The molecule has 1 aromatic carbocycles. The van der Waals surface area contributed by atoms with Crippen LogP contribution in [0.1, 0.15) is 84.7 Å². The van der Waals surface area contributed by atoms with Crippen LogP contribution in [0.3, 0.4) is 0 Å². The summed E-state index contributed by atoms with van der Waals surface area (Å²) in [5.74, 6) is 1.37. The molecule has 0 radical (unpaired) electrons. The number of nitrogens with one attached hydrogen (secondary N) is 1. The van der Waals surface area contributed by atoms with Gasteiger partial charge in [-0.2, -0.15) is 0 Å². The first kappa shape index (κ1) is 21.4. The van der Waals surface area contributed by atoms with Gasteiger partial charge in [0.2, 0.25) is 0 Å². The smallest absolute Gasteiger partial charge is 0.292 e. The van der Waals surface area contributed by atoms with Gasteiger partial charge >= 0.3 is 0 Å². The first-order valence-electron chi connectivity index (χ1n) is 11.0. The lowest BCUT2D eigenvalue weighted by Gasteiger charge is -2.42. The third kappa shape index (κ3) is 4.16. The minimum atomic E-state index is -0.280. The fourth-order valence-electron chi connectivity index (χ4n) is 4.53. The van der Waals surface area contributed by atoms with Crippen LogP contribution in [0.5, 0.6) is 0 Å². The van der Waals surface area contributed by atoms with Gasteiger partial charge in [-0.3, -0.25) is 4.79 Å². The number of pyridine rings is 1. The number of anilines is 1. The van der Waals surface area contributed by atoms with Crippen LogP contribution in [-0.2, 0) is 17.3 Å². The zero-order valence-electron chi connectivity index (χ0n) is 19.4. The van der Waals surface area contributed by atoms with Crippen LogP contribution in [0.25, 0.3) is 0 Å². The van der Waals surface area contributed by atoms with Gasteiger partial charge in [0.15, 0.2) is 5.76 Å². The number of benzene rings is 1. The molecule has 0 fully saturated rings. The molecule has 31 heavy (non-hydrogen) atoms. The molecule has 2 aromatic heterocycles. The normalized spacial score (nSPS) is 16.6. The second-order valence-electron chi connectivity index (χ2n) is 10.2. The number of rotatable bonds is 4. The molecule has 4 nitrogen and oxygen atoms in total. The Morgan fingerprint density at radius 3 is 2.35 bits per heavy atom. The third-order valence-corrected chi connectivity index (χ3v) is 6.80. The SMILES string of the molecule is Cc1cc2c(cc1Cc1ccc(C(=O)Nc3ncccc3C)o1)C(C)(C)CCC2(C)C. The van der Waals surface area contributed by atoms with Gasteiger partial charge in [-0.1, -0.05) is 45.9 Å². The fourth-order valence-corrected chi connectivity index (χ4v) is 4.53. The van der Waals surface area contributed by atoms with E-state index in [-0.39, 0.29) is 16.7 Å². The van der Waals surface area contributed by atoms with E-state index in [9.17, 15) is 4.79 Å². The number of aromatic nitrogens is 1. The van der Waals surface area contributed by atoms with Crippen LogP contribution in [0.15, 0.2) is 47.0 Å². The Balaban J connectivity index is 1.58. The number of fused-ring (bicyclic) bond motifs is 1. The minimum Gasteiger partial charge on any atom is -0.456 e. The van der Waals surface area contributed by atoms with E-state index in [4.69, 9.17) is 4.42 Å². The molecule has 4 rings (SSSR count). The second kappa shape index (κ2) is 7.67. The van der Waals surface area contributed by atoms with Crippen molar-refractivity contribution in [2.24, 2.45) is 0 Å². The molecule has 0 spiro atoms. The minimum absolute atomic E-state index is 0.169. The van der Waals surface area contributed by atoms with E-state index in [1.807, 2.05) is 25.1 Å². The summed E-state index contributed by atoms with van der Waals surface area (Å²) in [6, 6.07) is 12.1. The van der Waals surface area contributed by atoms with Crippen LogP contribution < -0.4 is 5.32 Å². The van der Waals surface area contributed by atoms with E-state index < -0.39 is 0 Å². The lowest BCUT2D eigenvalue weighted by Crippen LogP contribution is -2.34. The van der Waals surface area contributed by atoms with Crippen molar-refractivity contribution in [3.63, 3.8) is 0 Å². The molecule has 0 bridgehead atoms. The zero-order valence-corrected chi connectivity index (χ0v) is 19.4. The molecule has 0 atom stereocenters. The predicted octanol–water partition coefficient (Wildman–Crippen LogP) is 6.48. The Labute approximate surface area is 185 Å². The highest BCUT2D eigenvalue weighted by Gasteiger charge is 2.37. The number of carbonyl (C=O) groups is 1. The number of aryl methyl sites for hydroxylation is 2. The molecule has 0 unspecified atom stereocenters. The second-order valence-corrected chi connectivity index (χ2v) is 10.2. The van der Waals surface area contributed by atoms with Gasteiger partial charge in [0, 0.05) is 12.6 Å². The monoisotopic (exact) mass is 416 g/mol. The maximum atomic E-state index is 12.6. The molecule has 1 N–H and O–H groups in total. The molecule has 4 heteroatoms. The number of carbonyl (C=O) groups excluding carboxylic acids is 1. The fraction of sp³-hybridized carbons (Fsp3) is 0.407. The van der Waals surface area contributed by atoms with E-state index in [1.54, 1.807) is 12.3 Å². The van der Waals surface area contributed by atoms with E-state index >= 15 is 0 Å². The standard InChI is InChI=1S/C27H32N2O2/c1-17-8-7-13-28-24(17)29-25(30)23-10-9-20(31-23)15-19-16-22-21(14-18(19)2)26(3,4)11-12-27(22,5)6/h7-10,13-14,16H,11-12,15H2,1-6H3,(H,28,29,30). The summed E-state index contributed by atoms with van der Waals surface area (Å²) in [6.45, 7) is 13.5. The summed E-state index contributed by atoms with van der Waals surface area (Å²) in [7, 11) is 0. The summed E-state index contributed by atoms with van der Waals surface area (Å²) in [4.78, 5) is 16.8. The summed E-state index contributed by atoms with van der Waals surface area (Å²) in [6.07, 6.45) is 4.73. The van der Waals surface area contributed by atoms with Crippen molar-refractivity contribution in [2.45, 2.75) is 71.6 Å². The lowest BCUT2D eigenvalue weighted by molar-refractivity contribution is 0.0994. The van der Waals surface area contributed by atoms with Gasteiger partial charge in [0.25, 0.3) is 5.91 Å². The van der Waals surface area contributed by atoms with Crippen LogP contribution >= 0.6 is 0 Å². The van der Waals surface area contributed by atoms with Crippen LogP contribution in [0.2, 0.25) is 0 Å². The van der Waals surface area contributed by atoms with Gasteiger partial charge in [-0.25, -0.2) is 4.98 Å². The van der Waals surface area contributed by atoms with Crippen molar-refractivity contribution >= 4 is 11.7 Å². The number of amides is 1. The van der Waals surface area contributed by atoms with Crippen LogP contribution in [0.4, 0.5) is 5.82 Å². The molecule has 0 saturated carbocycles. The van der Waals surface area contributed by atoms with Gasteiger partial charge in [-0.15, -0.1) is 0 Å². The maximum absolute atomic E-state index is 12.6. The topological polar surface area (TPSA) is 55.1 Å². The van der Waals surface area contributed by atoms with Crippen LogP contribution in [-0.4, -0.2) is 10.9 Å². The Hall–Kier alpha value is -2.88. The quantitative estimate of drug-likeness (QED) is 0.529. The first-order valence-corrected chi connectivity index (χ1v) is 11.0. The highest BCUT2D eigenvalue weighted by Crippen LogP contribution is 2.46. The molecular weight excluding hydrogens is 384 g/mol. The van der Waals surface area contributed by atoms with Crippen molar-refractivity contribution in [3.8, 4) is 0 Å². The lowest BCUT2D eigenvalue weighted by atomic mass is 9.62. The average Bonchev–Trinajstić information content (AvgIpc) is 3.17. The van der Waals surface area contributed by atoms with Gasteiger partial charge < -0.3 is 9.73 Å². The highest BCUT2D eigenvalue weighted by atomic mass is 16.3. The molecule has 0 saturated heterocycles. The largest absolute Gasteiger partial charge is 0.456 e. The Kier molecular flexibility index (Phi) is 5.28. The van der Waals surface area contributed by atoms with Crippen molar-refractivity contribution in [1.29, 1.82) is 0 Å². The highest BCUT2D eigenvalue weighted by molar-refractivity contribution is 6.02. The summed E-state index contributed by atoms with van der Waals surface area (Å²) in [5.41, 5.74) is 6.73. The van der Waals surface area contributed by atoms with E-state index in [0.717, 1.165) is 11.3 Å². The maximum Gasteiger partial charge on any atom is 0.292 e. The number of nitrogens with zero attached hydrogens (tertiary/aromatic N) is 1. The predicted molar refractivity (Wildman–Crippen MR) is 125 cm³/mol. The molecule has 2 heterocycles. The van der Waals surface area contributed by atoms with Crippen molar-refractivity contribution < 1.29 is 9.21 Å². The van der Waals surface area contributed by atoms with Gasteiger partial charge in [-0.05, 0) is 83.5 Å². The molecule has 1 amide bonds. The zero-order chi connectivity index (χ0) is 22.4. The van der Waals surface area contributed by atoms with Crippen molar-refractivity contribution in [2.75, 3.05) is 5.32 Å². The third-order valence-electron chi connectivity index (χ3n) is 6.80. The van der Waals surface area contributed by atoms with Gasteiger partial charge in [0.1, 0.15) is 11.6 Å². The van der Waals surface area contributed by atoms with Crippen molar-refractivity contribution in [1.82, 2.24) is 4.98 Å². The van der Waals surface area contributed by atoms with Gasteiger partial charge in [0.05, 0.1) is 0 Å². The Bertz CT molecular complexity index is 1140. The average molecular weight is 417 g/mol. The molecular formula is C27H32N2O2. The molecule has 162 valence electrons. The first-order chi connectivity index (χ1) is 14.6. The van der Waals surface area contributed by atoms with E-state index in [2.05, 4.69) is 57.1 Å². The van der Waals surface area contributed by atoms with E-state index in [1.165, 1.54) is 35.1 Å². The number of hydrogen-bond acceptors (Lipinski definition) is 3. The van der Waals surface area contributed by atoms with Crippen molar-refractivity contribution in [3.05, 3.63) is 81.9 Å².